The first-order valence-corrected chi connectivity index (χ1v) is 23.6. The number of anilines is 6. The number of aryl methyl sites for hydroxylation is 1. The number of piperidine rings is 1. The number of carbonyl (C=O) groups is 2. The summed E-state index contributed by atoms with van der Waals surface area (Å²) >= 11 is 0. The first-order chi connectivity index (χ1) is 32.8. The number of amides is 2. The van der Waals surface area contributed by atoms with E-state index in [2.05, 4.69) is 67.2 Å². The number of fused-ring (bicyclic) bond motifs is 3. The molecule has 3 aliphatic heterocycles. The summed E-state index contributed by atoms with van der Waals surface area (Å²) in [5.74, 6) is -0.217. The lowest BCUT2D eigenvalue weighted by Gasteiger charge is -2.47. The van der Waals surface area contributed by atoms with Crippen LogP contribution in [0.2, 0.25) is 0 Å². The van der Waals surface area contributed by atoms with Gasteiger partial charge in [0, 0.05) is 99.8 Å². The van der Waals surface area contributed by atoms with Gasteiger partial charge in [-0.2, -0.15) is 13.2 Å². The van der Waals surface area contributed by atoms with Gasteiger partial charge in [-0.05, 0) is 106 Å². The van der Waals surface area contributed by atoms with Crippen LogP contribution in [-0.2, 0) is 43.3 Å². The van der Waals surface area contributed by atoms with Crippen LogP contribution >= 0.6 is 0 Å². The molecule has 1 aromatic carbocycles. The molecular weight excluding hydrogens is 888 g/mol. The summed E-state index contributed by atoms with van der Waals surface area (Å²) in [6.45, 7) is 16.9. The lowest BCUT2D eigenvalue weighted by atomic mass is 9.88. The number of carbonyl (C=O) groups excluding carboxylic acids is 2. The molecule has 1 aliphatic carbocycles. The third-order valence-electron chi connectivity index (χ3n) is 14.5. The van der Waals surface area contributed by atoms with Gasteiger partial charge in [0.05, 0.1) is 41.3 Å². The summed E-state index contributed by atoms with van der Waals surface area (Å²) in [6.07, 6.45) is 5.15. The molecule has 9 rings (SSSR count). The van der Waals surface area contributed by atoms with Gasteiger partial charge in [-0.25, -0.2) is 9.97 Å². The van der Waals surface area contributed by atoms with E-state index in [1.807, 2.05) is 18.2 Å². The average Bonchev–Trinajstić information content (AvgIpc) is 3.82. The van der Waals surface area contributed by atoms with E-state index in [1.165, 1.54) is 28.0 Å². The number of hydrogen-bond donors (Lipinski definition) is 3. The molecular formula is C51H60F3N11O4. The number of rotatable bonds is 11. The van der Waals surface area contributed by atoms with Crippen LogP contribution in [-0.4, -0.2) is 103 Å². The second-order valence-corrected chi connectivity index (χ2v) is 20.2. The molecule has 4 aliphatic rings. The fraction of sp³-hybridized carbons (Fsp3) is 0.451. The number of aliphatic hydroxyl groups excluding tert-OH is 1. The van der Waals surface area contributed by atoms with Crippen molar-refractivity contribution in [2.45, 2.75) is 97.1 Å². The molecule has 0 saturated carbocycles. The summed E-state index contributed by atoms with van der Waals surface area (Å²) in [5, 5.41) is 17.0. The standard InChI is InChI=1S/C51H60F3N11O4/c1-8-44(67)58-38-24-33(9-11-40(38)63-20-19-62(28-31(63)2)34-14-17-61(18-15-34)35-10-12-43(56-27-35)50(5,6)51(52,53)54)57-45-48(69)60(7)29-39(59-45)36-13-16-55-46(37(36)30-66)65-22-21-64-41(47(65)68)23-32-25-49(3,4)26-42(32)64/h8-13,16,23-24,27,29,31,34,66H,1,14-15,17-22,25-26,28,30H2,2-7H3,(H,57,59)(H,58,67)/t31-/m0/s1. The van der Waals surface area contributed by atoms with Gasteiger partial charge in [0.2, 0.25) is 5.91 Å². The summed E-state index contributed by atoms with van der Waals surface area (Å²) < 4.78 is 44.4. The topological polar surface area (TPSA) is 157 Å². The van der Waals surface area contributed by atoms with Crippen molar-refractivity contribution in [2.75, 3.05) is 64.6 Å². The van der Waals surface area contributed by atoms with Crippen LogP contribution in [0.15, 0.2) is 78.5 Å². The monoisotopic (exact) mass is 947 g/mol. The molecule has 364 valence electrons. The third-order valence-corrected chi connectivity index (χ3v) is 14.5. The van der Waals surface area contributed by atoms with E-state index in [-0.39, 0.29) is 28.9 Å². The predicted molar refractivity (Wildman–Crippen MR) is 261 cm³/mol. The molecule has 18 heteroatoms. The zero-order valence-electron chi connectivity index (χ0n) is 40.0. The summed E-state index contributed by atoms with van der Waals surface area (Å²) in [5.41, 5.74) is 4.71. The Balaban J connectivity index is 0.898. The minimum absolute atomic E-state index is 0.00242. The Morgan fingerprint density at radius 1 is 0.986 bits per heavy atom. The Morgan fingerprint density at radius 3 is 2.43 bits per heavy atom. The molecule has 0 unspecified atom stereocenters. The van der Waals surface area contributed by atoms with Gasteiger partial charge in [-0.15, -0.1) is 0 Å². The van der Waals surface area contributed by atoms with Gasteiger partial charge < -0.3 is 34.7 Å². The molecule has 3 N–H and O–H groups in total. The van der Waals surface area contributed by atoms with Crippen molar-refractivity contribution in [2.24, 2.45) is 12.5 Å². The molecule has 1 atom stereocenters. The molecule has 15 nitrogen and oxygen atoms in total. The molecule has 0 radical (unpaired) electrons. The van der Waals surface area contributed by atoms with Gasteiger partial charge in [-0.1, -0.05) is 20.4 Å². The predicted octanol–water partition coefficient (Wildman–Crippen LogP) is 7.20. The fourth-order valence-corrected chi connectivity index (χ4v) is 10.6. The molecule has 0 bridgehead atoms. The number of nitrogens with zero attached hydrogens (tertiary/aromatic N) is 9. The first kappa shape index (κ1) is 47.5. The summed E-state index contributed by atoms with van der Waals surface area (Å²) in [4.78, 5) is 62.7. The maximum Gasteiger partial charge on any atom is 0.399 e. The minimum Gasteiger partial charge on any atom is -0.392 e. The fourth-order valence-electron chi connectivity index (χ4n) is 10.6. The molecule has 7 heterocycles. The van der Waals surface area contributed by atoms with E-state index in [1.54, 1.807) is 48.7 Å². The molecule has 69 heavy (non-hydrogen) atoms. The van der Waals surface area contributed by atoms with Crippen LogP contribution in [0.3, 0.4) is 0 Å². The largest absolute Gasteiger partial charge is 0.399 e. The number of aromatic nitrogens is 5. The van der Waals surface area contributed by atoms with Crippen LogP contribution in [0.5, 0.6) is 0 Å². The van der Waals surface area contributed by atoms with E-state index in [0.717, 1.165) is 77.1 Å². The van der Waals surface area contributed by atoms with Gasteiger partial charge in [-0.3, -0.25) is 29.2 Å². The van der Waals surface area contributed by atoms with Crippen LogP contribution < -0.4 is 30.9 Å². The highest BCUT2D eigenvalue weighted by Gasteiger charge is 2.49. The summed E-state index contributed by atoms with van der Waals surface area (Å²) in [7, 11) is 1.62. The molecule has 4 aromatic heterocycles. The van der Waals surface area contributed by atoms with Crippen molar-refractivity contribution in [1.29, 1.82) is 0 Å². The Morgan fingerprint density at radius 2 is 1.75 bits per heavy atom. The number of halogens is 3. The van der Waals surface area contributed by atoms with Crippen LogP contribution in [0, 0.1) is 5.41 Å². The number of pyridine rings is 2. The number of benzene rings is 1. The first-order valence-electron chi connectivity index (χ1n) is 23.6. The van der Waals surface area contributed by atoms with Crippen molar-refractivity contribution in [3.05, 3.63) is 112 Å². The Labute approximate surface area is 399 Å². The van der Waals surface area contributed by atoms with Crippen LogP contribution in [0.1, 0.15) is 80.5 Å². The summed E-state index contributed by atoms with van der Waals surface area (Å²) in [6, 6.07) is 12.9. The van der Waals surface area contributed by atoms with Gasteiger partial charge in [0.1, 0.15) is 16.9 Å². The van der Waals surface area contributed by atoms with Crippen LogP contribution in [0.4, 0.5) is 47.6 Å². The maximum absolute atomic E-state index is 14.0. The number of aliphatic hydroxyl groups is 1. The Hall–Kier alpha value is -6.53. The molecule has 5 aromatic rings. The van der Waals surface area contributed by atoms with Crippen molar-refractivity contribution in [3.63, 3.8) is 0 Å². The van der Waals surface area contributed by atoms with Crippen molar-refractivity contribution in [1.82, 2.24) is 29.0 Å². The van der Waals surface area contributed by atoms with Crippen LogP contribution in [0.25, 0.3) is 11.3 Å². The molecule has 2 amide bonds. The van der Waals surface area contributed by atoms with Crippen molar-refractivity contribution in [3.8, 4) is 11.3 Å². The SMILES string of the molecule is C=CC(=O)Nc1cc(Nc2nc(-c3ccnc(N4CCn5c(cc6c5CC(C)(C)C6)C4=O)c3CO)cn(C)c2=O)ccc1N1CCN(C2CCN(c3ccc(C(C)(C)C(F)(F)F)nc3)CC2)C[C@@H]1C. The average molecular weight is 948 g/mol. The highest BCUT2D eigenvalue weighted by atomic mass is 19.4. The molecule has 2 saturated heterocycles. The van der Waals surface area contributed by atoms with E-state index in [0.29, 0.717) is 65.4 Å². The zero-order chi connectivity index (χ0) is 49.2. The van der Waals surface area contributed by atoms with E-state index in [4.69, 9.17) is 4.98 Å². The highest BCUT2D eigenvalue weighted by molar-refractivity contribution is 6.06. The Bertz CT molecular complexity index is 2860. The second-order valence-electron chi connectivity index (χ2n) is 20.2. The number of nitrogens with one attached hydrogen (secondary N) is 2. The minimum atomic E-state index is -4.40. The normalized spacial score (nSPS) is 18.8. The van der Waals surface area contributed by atoms with E-state index < -0.39 is 29.7 Å². The smallest absolute Gasteiger partial charge is 0.392 e. The molecule has 2 fully saturated rings. The molecule has 0 spiro atoms. The van der Waals surface area contributed by atoms with E-state index >= 15 is 0 Å². The van der Waals surface area contributed by atoms with Gasteiger partial charge in [0.15, 0.2) is 5.82 Å². The van der Waals surface area contributed by atoms with Crippen molar-refractivity contribution >= 4 is 46.2 Å². The van der Waals surface area contributed by atoms with Gasteiger partial charge >= 0.3 is 6.18 Å². The third kappa shape index (κ3) is 8.99. The number of alkyl halides is 3. The Kier molecular flexibility index (Phi) is 12.5. The van der Waals surface area contributed by atoms with E-state index in [9.17, 15) is 32.7 Å². The van der Waals surface area contributed by atoms with Crippen molar-refractivity contribution < 1.29 is 27.9 Å². The number of hydrogen-bond acceptors (Lipinski definition) is 11. The van der Waals surface area contributed by atoms with Gasteiger partial charge in [0.25, 0.3) is 11.5 Å². The quantitative estimate of drug-likeness (QED) is 0.115. The highest BCUT2D eigenvalue weighted by Crippen LogP contribution is 2.42. The lowest BCUT2D eigenvalue weighted by molar-refractivity contribution is -0.181. The zero-order valence-corrected chi connectivity index (χ0v) is 40.0. The number of piperazine rings is 1. The maximum atomic E-state index is 14.0. The second kappa shape index (κ2) is 18.1. The lowest BCUT2D eigenvalue weighted by Crippen LogP contribution is -2.57.